The molecule has 3 aliphatic carbocycles. The van der Waals surface area contributed by atoms with Gasteiger partial charge in [0, 0.05) is 6.42 Å². The molecule has 118 valence electrons. The zero-order valence-electron chi connectivity index (χ0n) is 13.6. The molecule has 0 nitrogen and oxygen atoms in total. The van der Waals surface area contributed by atoms with Crippen LogP contribution >= 0.6 is 0 Å². The summed E-state index contributed by atoms with van der Waals surface area (Å²) in [6, 6.07) is 0. The molecule has 0 amide bonds. The maximum absolute atomic E-state index is 13.2. The molecule has 0 aliphatic heterocycles. The molecule has 1 heteroatoms. The minimum atomic E-state index is -0.737. The van der Waals surface area contributed by atoms with E-state index in [2.05, 4.69) is 19.1 Å². The average molecular weight is 290 g/mol. The van der Waals surface area contributed by atoms with Gasteiger partial charge in [0.05, 0.1) is 0 Å². The normalized spacial score (nSPS) is 40.9. The molecule has 1 unspecified atom stereocenters. The highest BCUT2D eigenvalue weighted by atomic mass is 19.1. The summed E-state index contributed by atoms with van der Waals surface area (Å²) in [5.74, 6) is 3.74. The van der Waals surface area contributed by atoms with Crippen molar-refractivity contribution >= 4 is 0 Å². The molecule has 0 spiro atoms. The monoisotopic (exact) mass is 290 g/mol. The van der Waals surface area contributed by atoms with E-state index < -0.39 is 6.17 Å². The Hall–Kier alpha value is -0.590. The summed E-state index contributed by atoms with van der Waals surface area (Å²) in [5.41, 5.74) is 1.43. The Bertz CT molecular complexity index is 379. The Morgan fingerprint density at radius 2 is 1.57 bits per heavy atom. The number of hydrogen-bond donors (Lipinski definition) is 0. The lowest BCUT2D eigenvalue weighted by Gasteiger charge is -2.38. The van der Waals surface area contributed by atoms with E-state index in [1.165, 1.54) is 63.4 Å². The molecule has 0 aromatic carbocycles. The molecule has 1 atom stereocenters. The summed E-state index contributed by atoms with van der Waals surface area (Å²) in [6.45, 7) is 2.35. The van der Waals surface area contributed by atoms with Crippen molar-refractivity contribution in [1.82, 2.24) is 0 Å². The van der Waals surface area contributed by atoms with Crippen LogP contribution in [0.2, 0.25) is 0 Å². The second kappa shape index (κ2) is 7.11. The molecule has 0 heterocycles. The van der Waals surface area contributed by atoms with Crippen molar-refractivity contribution < 1.29 is 4.39 Å². The Labute approximate surface area is 129 Å². The van der Waals surface area contributed by atoms with Crippen LogP contribution in [0.5, 0.6) is 0 Å². The first-order valence-corrected chi connectivity index (χ1v) is 9.28. The first-order chi connectivity index (χ1) is 10.3. The van der Waals surface area contributed by atoms with E-state index in [1.54, 1.807) is 6.08 Å². The molecule has 21 heavy (non-hydrogen) atoms. The molecule has 0 aromatic heterocycles. The molecule has 0 bridgehead atoms. The Morgan fingerprint density at radius 3 is 2.10 bits per heavy atom. The summed E-state index contributed by atoms with van der Waals surface area (Å²) >= 11 is 0. The highest BCUT2D eigenvalue weighted by molar-refractivity contribution is 5.27. The Balaban J connectivity index is 1.46. The van der Waals surface area contributed by atoms with E-state index >= 15 is 0 Å². The zero-order valence-corrected chi connectivity index (χ0v) is 13.6. The van der Waals surface area contributed by atoms with E-state index in [0.29, 0.717) is 6.42 Å². The van der Waals surface area contributed by atoms with Crippen molar-refractivity contribution in [2.75, 3.05) is 0 Å². The Kier molecular flexibility index (Phi) is 5.19. The van der Waals surface area contributed by atoms with Crippen LogP contribution in [0.1, 0.15) is 71.1 Å². The minimum absolute atomic E-state index is 0.604. The second-order valence-electron chi connectivity index (χ2n) is 7.62. The van der Waals surface area contributed by atoms with Crippen molar-refractivity contribution in [3.8, 4) is 0 Å². The molecule has 0 saturated heterocycles. The zero-order chi connectivity index (χ0) is 14.7. The van der Waals surface area contributed by atoms with Gasteiger partial charge in [-0.2, -0.15) is 0 Å². The van der Waals surface area contributed by atoms with E-state index in [1.807, 2.05) is 0 Å². The van der Waals surface area contributed by atoms with E-state index in [9.17, 15) is 4.39 Å². The lowest BCUT2D eigenvalue weighted by Crippen LogP contribution is -2.26. The highest BCUT2D eigenvalue weighted by Crippen LogP contribution is 2.43. The van der Waals surface area contributed by atoms with Crippen LogP contribution in [0, 0.1) is 23.7 Å². The number of halogens is 1. The fourth-order valence-corrected chi connectivity index (χ4v) is 4.91. The Morgan fingerprint density at radius 1 is 0.952 bits per heavy atom. The van der Waals surface area contributed by atoms with Gasteiger partial charge < -0.3 is 0 Å². The van der Waals surface area contributed by atoms with Gasteiger partial charge in [-0.05, 0) is 67.8 Å². The topological polar surface area (TPSA) is 0 Å². The van der Waals surface area contributed by atoms with Gasteiger partial charge in [-0.15, -0.1) is 0 Å². The van der Waals surface area contributed by atoms with Gasteiger partial charge in [-0.1, -0.05) is 44.4 Å². The first kappa shape index (κ1) is 15.3. The highest BCUT2D eigenvalue weighted by Gasteiger charge is 2.31. The van der Waals surface area contributed by atoms with Gasteiger partial charge in [0.1, 0.15) is 6.17 Å². The van der Waals surface area contributed by atoms with Crippen molar-refractivity contribution in [2.24, 2.45) is 23.7 Å². The molecule has 0 N–H and O–H groups in total. The van der Waals surface area contributed by atoms with Gasteiger partial charge >= 0.3 is 0 Å². The van der Waals surface area contributed by atoms with Gasteiger partial charge in [0.15, 0.2) is 0 Å². The summed E-state index contributed by atoms with van der Waals surface area (Å²) in [6.07, 6.45) is 18.7. The smallest absolute Gasteiger partial charge is 0.122 e. The maximum atomic E-state index is 13.2. The molecule has 0 aromatic rings. The standard InChI is InChI=1S/C20H31F/c1-2-15-3-5-16(6-4-15)17-7-9-18(10-8-17)19-11-13-20(21)14-12-19/h11-13,15-18,20H,2-10,14H2,1H3. The molecule has 3 rings (SSSR count). The largest absolute Gasteiger partial charge is 0.243 e. The summed E-state index contributed by atoms with van der Waals surface area (Å²) in [7, 11) is 0. The van der Waals surface area contributed by atoms with Gasteiger partial charge in [-0.3, -0.25) is 0 Å². The van der Waals surface area contributed by atoms with Crippen molar-refractivity contribution in [3.05, 3.63) is 23.8 Å². The van der Waals surface area contributed by atoms with E-state index in [-0.39, 0.29) is 0 Å². The molecule has 2 fully saturated rings. The fourth-order valence-electron chi connectivity index (χ4n) is 4.91. The number of alkyl halides is 1. The SMILES string of the molecule is CCC1CCC(C2CCC(C3=CCC(F)C=C3)CC2)CC1. The number of allylic oxidation sites excluding steroid dienone is 4. The third-order valence-electron chi connectivity index (χ3n) is 6.45. The van der Waals surface area contributed by atoms with Crippen LogP contribution in [-0.4, -0.2) is 6.17 Å². The van der Waals surface area contributed by atoms with Crippen molar-refractivity contribution in [2.45, 2.75) is 77.3 Å². The fraction of sp³-hybridized carbons (Fsp3) is 0.800. The van der Waals surface area contributed by atoms with Crippen LogP contribution in [0.25, 0.3) is 0 Å². The van der Waals surface area contributed by atoms with E-state index in [0.717, 1.165) is 23.7 Å². The average Bonchev–Trinajstić information content (AvgIpc) is 2.56. The first-order valence-electron chi connectivity index (χ1n) is 9.28. The van der Waals surface area contributed by atoms with Gasteiger partial charge in [0.25, 0.3) is 0 Å². The van der Waals surface area contributed by atoms with Crippen molar-refractivity contribution in [3.63, 3.8) is 0 Å². The molecular weight excluding hydrogens is 259 g/mol. The van der Waals surface area contributed by atoms with Crippen LogP contribution in [0.15, 0.2) is 23.8 Å². The lowest BCUT2D eigenvalue weighted by molar-refractivity contribution is 0.152. The minimum Gasteiger partial charge on any atom is -0.243 e. The van der Waals surface area contributed by atoms with E-state index in [4.69, 9.17) is 0 Å². The molecule has 3 aliphatic rings. The molecule has 2 saturated carbocycles. The number of rotatable bonds is 3. The van der Waals surface area contributed by atoms with Crippen LogP contribution in [-0.2, 0) is 0 Å². The maximum Gasteiger partial charge on any atom is 0.122 e. The predicted octanol–water partition coefficient (Wildman–Crippen LogP) is 6.23. The van der Waals surface area contributed by atoms with Crippen LogP contribution in [0.4, 0.5) is 4.39 Å². The van der Waals surface area contributed by atoms with Crippen LogP contribution < -0.4 is 0 Å². The lowest BCUT2D eigenvalue weighted by atomic mass is 9.68. The predicted molar refractivity (Wildman–Crippen MR) is 87.9 cm³/mol. The second-order valence-corrected chi connectivity index (χ2v) is 7.62. The molecule has 0 radical (unpaired) electrons. The quantitative estimate of drug-likeness (QED) is 0.577. The van der Waals surface area contributed by atoms with Crippen LogP contribution in [0.3, 0.4) is 0 Å². The van der Waals surface area contributed by atoms with Gasteiger partial charge in [-0.25, -0.2) is 4.39 Å². The summed E-state index contributed by atoms with van der Waals surface area (Å²) < 4.78 is 13.2. The number of hydrogen-bond acceptors (Lipinski definition) is 0. The molecular formula is C20H31F. The third kappa shape index (κ3) is 3.79. The third-order valence-corrected chi connectivity index (χ3v) is 6.45. The van der Waals surface area contributed by atoms with Gasteiger partial charge in [0.2, 0.25) is 0 Å². The van der Waals surface area contributed by atoms with Crippen molar-refractivity contribution in [1.29, 1.82) is 0 Å². The summed E-state index contributed by atoms with van der Waals surface area (Å²) in [5, 5.41) is 0. The summed E-state index contributed by atoms with van der Waals surface area (Å²) in [4.78, 5) is 0.